The number of hydrogen-bond donors (Lipinski definition) is 2. The molecular formula is C15H33NO2. The van der Waals surface area contributed by atoms with Crippen molar-refractivity contribution in [2.24, 2.45) is 0 Å². The summed E-state index contributed by atoms with van der Waals surface area (Å²) >= 11 is 0. The van der Waals surface area contributed by atoms with Crippen molar-refractivity contribution in [3.8, 4) is 0 Å². The minimum Gasteiger partial charge on any atom is -0.396 e. The highest BCUT2D eigenvalue weighted by molar-refractivity contribution is 4.65. The molecule has 3 nitrogen and oxygen atoms in total. The molecule has 0 saturated heterocycles. The molecule has 0 fully saturated rings. The van der Waals surface area contributed by atoms with E-state index in [-0.39, 0.29) is 6.61 Å². The molecule has 0 radical (unpaired) electrons. The van der Waals surface area contributed by atoms with E-state index in [1.165, 1.54) is 51.4 Å². The van der Waals surface area contributed by atoms with Crippen molar-refractivity contribution < 1.29 is 9.84 Å². The summed E-state index contributed by atoms with van der Waals surface area (Å²) in [4.78, 5) is 0. The lowest BCUT2D eigenvalue weighted by atomic mass is 10.1. The smallest absolute Gasteiger partial charge is 0.0616 e. The van der Waals surface area contributed by atoms with Crippen LogP contribution < -0.4 is 5.32 Å². The summed E-state index contributed by atoms with van der Waals surface area (Å²) in [7, 11) is 1.71. The summed E-state index contributed by atoms with van der Waals surface area (Å²) in [6, 6.07) is 0.310. The molecular weight excluding hydrogens is 226 g/mol. The number of aliphatic hydroxyl groups is 1. The largest absolute Gasteiger partial charge is 0.396 e. The quantitative estimate of drug-likeness (QED) is 0.471. The Morgan fingerprint density at radius 3 is 2.17 bits per heavy atom. The summed E-state index contributed by atoms with van der Waals surface area (Å²) in [6.07, 6.45) is 11.6. The number of nitrogens with one attached hydrogen (secondary N) is 1. The maximum absolute atomic E-state index is 8.91. The second kappa shape index (κ2) is 14.9. The lowest BCUT2D eigenvalue weighted by molar-refractivity contribution is 0.148. The molecule has 110 valence electrons. The molecule has 1 atom stereocenters. The molecule has 0 spiro atoms. The molecule has 2 N–H and O–H groups in total. The standard InChI is InChI=1S/C15H33NO2/c1-3-4-5-6-7-8-9-10-12-16-15(11-13-17)14-18-2/h15-17H,3-14H2,1-2H3. The Morgan fingerprint density at radius 1 is 1.00 bits per heavy atom. The van der Waals surface area contributed by atoms with Gasteiger partial charge >= 0.3 is 0 Å². The van der Waals surface area contributed by atoms with E-state index in [4.69, 9.17) is 9.84 Å². The van der Waals surface area contributed by atoms with Crippen LogP contribution in [0.25, 0.3) is 0 Å². The summed E-state index contributed by atoms with van der Waals surface area (Å²) < 4.78 is 5.12. The predicted octanol–water partition coefficient (Wildman–Crippen LogP) is 3.11. The van der Waals surface area contributed by atoms with E-state index in [0.29, 0.717) is 12.6 Å². The number of methoxy groups -OCH3 is 1. The molecule has 0 aromatic rings. The maximum atomic E-state index is 8.91. The van der Waals surface area contributed by atoms with Crippen LogP contribution in [-0.4, -0.2) is 38.0 Å². The average Bonchev–Trinajstić information content (AvgIpc) is 2.37. The Bertz CT molecular complexity index is 147. The fourth-order valence-electron chi connectivity index (χ4n) is 2.17. The minimum atomic E-state index is 0.235. The van der Waals surface area contributed by atoms with E-state index in [9.17, 15) is 0 Å². The Kier molecular flexibility index (Phi) is 14.8. The summed E-state index contributed by atoms with van der Waals surface area (Å²) in [5.41, 5.74) is 0. The van der Waals surface area contributed by atoms with Crippen molar-refractivity contribution in [1.29, 1.82) is 0 Å². The third-order valence-electron chi connectivity index (χ3n) is 3.31. The van der Waals surface area contributed by atoms with Gasteiger partial charge in [0, 0.05) is 19.8 Å². The third kappa shape index (κ3) is 12.3. The molecule has 18 heavy (non-hydrogen) atoms. The number of aliphatic hydroxyl groups excluding tert-OH is 1. The zero-order chi connectivity index (χ0) is 13.5. The van der Waals surface area contributed by atoms with Crippen LogP contribution in [-0.2, 0) is 4.74 Å². The summed E-state index contributed by atoms with van der Waals surface area (Å²) in [6.45, 7) is 4.23. The summed E-state index contributed by atoms with van der Waals surface area (Å²) in [5, 5.41) is 12.4. The third-order valence-corrected chi connectivity index (χ3v) is 3.31. The van der Waals surface area contributed by atoms with Crippen LogP contribution >= 0.6 is 0 Å². The van der Waals surface area contributed by atoms with Crippen molar-refractivity contribution in [1.82, 2.24) is 5.32 Å². The molecule has 3 heteroatoms. The van der Waals surface area contributed by atoms with Crippen LogP contribution in [0.3, 0.4) is 0 Å². The monoisotopic (exact) mass is 259 g/mol. The number of unbranched alkanes of at least 4 members (excludes halogenated alkanes) is 7. The molecule has 1 unspecified atom stereocenters. The predicted molar refractivity (Wildman–Crippen MR) is 78.0 cm³/mol. The van der Waals surface area contributed by atoms with Gasteiger partial charge in [0.05, 0.1) is 6.61 Å². The van der Waals surface area contributed by atoms with Gasteiger partial charge in [0.2, 0.25) is 0 Å². The summed E-state index contributed by atoms with van der Waals surface area (Å²) in [5.74, 6) is 0. The van der Waals surface area contributed by atoms with Gasteiger partial charge in [-0.2, -0.15) is 0 Å². The van der Waals surface area contributed by atoms with E-state index < -0.39 is 0 Å². The van der Waals surface area contributed by atoms with E-state index in [1.54, 1.807) is 7.11 Å². The normalized spacial score (nSPS) is 12.8. The number of ether oxygens (including phenoxy) is 1. The van der Waals surface area contributed by atoms with Crippen LogP contribution in [0.2, 0.25) is 0 Å². The van der Waals surface area contributed by atoms with Gasteiger partial charge in [0.15, 0.2) is 0 Å². The van der Waals surface area contributed by atoms with E-state index in [2.05, 4.69) is 12.2 Å². The van der Waals surface area contributed by atoms with Gasteiger partial charge in [-0.05, 0) is 19.4 Å². The Balaban J connectivity index is 3.21. The second-order valence-electron chi connectivity index (χ2n) is 5.09. The van der Waals surface area contributed by atoms with Crippen molar-refractivity contribution in [2.45, 2.75) is 70.8 Å². The zero-order valence-corrected chi connectivity index (χ0v) is 12.4. The molecule has 0 rings (SSSR count). The molecule has 0 amide bonds. The fraction of sp³-hybridized carbons (Fsp3) is 1.00. The van der Waals surface area contributed by atoms with Crippen molar-refractivity contribution in [2.75, 3.05) is 26.9 Å². The Labute approximate surface area is 113 Å². The van der Waals surface area contributed by atoms with Gasteiger partial charge in [-0.3, -0.25) is 0 Å². The van der Waals surface area contributed by atoms with Crippen LogP contribution in [0.4, 0.5) is 0 Å². The maximum Gasteiger partial charge on any atom is 0.0616 e. The van der Waals surface area contributed by atoms with E-state index >= 15 is 0 Å². The van der Waals surface area contributed by atoms with Gasteiger partial charge in [0.25, 0.3) is 0 Å². The minimum absolute atomic E-state index is 0.235. The highest BCUT2D eigenvalue weighted by Crippen LogP contribution is 2.08. The molecule has 0 aliphatic rings. The number of rotatable bonds is 14. The van der Waals surface area contributed by atoms with Crippen LogP contribution in [0.1, 0.15) is 64.7 Å². The Morgan fingerprint density at radius 2 is 1.61 bits per heavy atom. The van der Waals surface area contributed by atoms with Crippen molar-refractivity contribution >= 4 is 0 Å². The molecule has 0 saturated carbocycles. The lowest BCUT2D eigenvalue weighted by Crippen LogP contribution is -2.34. The van der Waals surface area contributed by atoms with E-state index in [1.807, 2.05) is 0 Å². The number of hydrogen-bond acceptors (Lipinski definition) is 3. The first-order valence-electron chi connectivity index (χ1n) is 7.68. The lowest BCUT2D eigenvalue weighted by Gasteiger charge is -2.16. The van der Waals surface area contributed by atoms with Crippen LogP contribution in [0, 0.1) is 0 Å². The highest BCUT2D eigenvalue weighted by Gasteiger charge is 2.05. The molecule has 0 aliphatic heterocycles. The SMILES string of the molecule is CCCCCCCCCCNC(CCO)COC. The molecule has 0 aromatic carbocycles. The first kappa shape index (κ1) is 17.9. The molecule has 0 aliphatic carbocycles. The second-order valence-corrected chi connectivity index (χ2v) is 5.09. The highest BCUT2D eigenvalue weighted by atomic mass is 16.5. The van der Waals surface area contributed by atoms with Gasteiger partial charge in [0.1, 0.15) is 0 Å². The van der Waals surface area contributed by atoms with Crippen molar-refractivity contribution in [3.63, 3.8) is 0 Å². The molecule has 0 heterocycles. The molecule has 0 aromatic heterocycles. The van der Waals surface area contributed by atoms with Gasteiger partial charge in [-0.25, -0.2) is 0 Å². The Hall–Kier alpha value is -0.120. The first-order chi connectivity index (χ1) is 8.85. The average molecular weight is 259 g/mol. The zero-order valence-electron chi connectivity index (χ0n) is 12.4. The first-order valence-corrected chi connectivity index (χ1v) is 7.68. The topological polar surface area (TPSA) is 41.5 Å². The molecule has 0 bridgehead atoms. The van der Waals surface area contributed by atoms with Gasteiger partial charge in [-0.1, -0.05) is 51.9 Å². The van der Waals surface area contributed by atoms with Gasteiger partial charge < -0.3 is 15.2 Å². The van der Waals surface area contributed by atoms with Gasteiger partial charge in [-0.15, -0.1) is 0 Å². The van der Waals surface area contributed by atoms with E-state index in [0.717, 1.165) is 13.0 Å². The van der Waals surface area contributed by atoms with Crippen LogP contribution in [0.5, 0.6) is 0 Å². The van der Waals surface area contributed by atoms with Crippen LogP contribution in [0.15, 0.2) is 0 Å². The van der Waals surface area contributed by atoms with Crippen molar-refractivity contribution in [3.05, 3.63) is 0 Å². The fourth-order valence-corrected chi connectivity index (χ4v) is 2.17.